The SMILES string of the molecule is CCOc1ccc(CNCc2ccc(N3CCC(C)CC3)nc2)o1. The fourth-order valence-electron chi connectivity index (χ4n) is 2.95. The number of hydrogen-bond donors (Lipinski definition) is 1. The summed E-state index contributed by atoms with van der Waals surface area (Å²) in [6.07, 6.45) is 4.49. The lowest BCUT2D eigenvalue weighted by molar-refractivity contribution is 0.249. The molecule has 0 amide bonds. The summed E-state index contributed by atoms with van der Waals surface area (Å²) in [4.78, 5) is 7.01. The third kappa shape index (κ3) is 4.51. The molecule has 1 N–H and O–H groups in total. The quantitative estimate of drug-likeness (QED) is 0.841. The number of pyridine rings is 1. The first-order valence-corrected chi connectivity index (χ1v) is 8.86. The predicted molar refractivity (Wildman–Crippen MR) is 95.3 cm³/mol. The van der Waals surface area contributed by atoms with Crippen LogP contribution in [-0.4, -0.2) is 24.7 Å². The minimum absolute atomic E-state index is 0.580. The fourth-order valence-corrected chi connectivity index (χ4v) is 2.95. The van der Waals surface area contributed by atoms with Gasteiger partial charge in [0.05, 0.1) is 13.2 Å². The second-order valence-corrected chi connectivity index (χ2v) is 6.45. The van der Waals surface area contributed by atoms with Crippen molar-refractivity contribution in [2.24, 2.45) is 5.92 Å². The summed E-state index contributed by atoms with van der Waals surface area (Å²) in [5, 5.41) is 3.38. The minimum atomic E-state index is 0.580. The zero-order valence-electron chi connectivity index (χ0n) is 14.6. The Morgan fingerprint density at radius 1 is 1.21 bits per heavy atom. The first kappa shape index (κ1) is 16.8. The number of anilines is 1. The Morgan fingerprint density at radius 2 is 2.04 bits per heavy atom. The largest absolute Gasteiger partial charge is 0.465 e. The van der Waals surface area contributed by atoms with Gasteiger partial charge in [0.15, 0.2) is 0 Å². The van der Waals surface area contributed by atoms with E-state index >= 15 is 0 Å². The molecule has 24 heavy (non-hydrogen) atoms. The highest BCUT2D eigenvalue weighted by molar-refractivity contribution is 5.39. The van der Waals surface area contributed by atoms with Crippen molar-refractivity contribution in [3.8, 4) is 5.95 Å². The normalized spacial score (nSPS) is 15.7. The molecule has 2 aromatic heterocycles. The maximum atomic E-state index is 5.56. The number of ether oxygens (including phenoxy) is 1. The molecule has 0 aliphatic carbocycles. The Labute approximate surface area is 144 Å². The summed E-state index contributed by atoms with van der Waals surface area (Å²) in [7, 11) is 0. The average Bonchev–Trinajstić information content (AvgIpc) is 3.04. The first-order chi connectivity index (χ1) is 11.7. The fraction of sp³-hybridized carbons (Fsp3) is 0.526. The van der Waals surface area contributed by atoms with E-state index in [-0.39, 0.29) is 0 Å². The Hall–Kier alpha value is -2.01. The van der Waals surface area contributed by atoms with Gasteiger partial charge in [-0.15, -0.1) is 0 Å². The highest BCUT2D eigenvalue weighted by Gasteiger charge is 2.16. The van der Waals surface area contributed by atoms with Crippen LogP contribution in [0.2, 0.25) is 0 Å². The number of hydrogen-bond acceptors (Lipinski definition) is 5. The smallest absolute Gasteiger partial charge is 0.284 e. The van der Waals surface area contributed by atoms with Gasteiger partial charge in [0.2, 0.25) is 0 Å². The van der Waals surface area contributed by atoms with Gasteiger partial charge in [-0.3, -0.25) is 0 Å². The van der Waals surface area contributed by atoms with Gasteiger partial charge in [-0.05, 0) is 43.4 Å². The molecule has 0 atom stereocenters. The van der Waals surface area contributed by atoms with Crippen molar-refractivity contribution in [2.75, 3.05) is 24.6 Å². The maximum absolute atomic E-state index is 5.56. The van der Waals surface area contributed by atoms with Gasteiger partial charge in [0, 0.05) is 31.9 Å². The van der Waals surface area contributed by atoms with Crippen LogP contribution in [0.15, 0.2) is 34.9 Å². The summed E-state index contributed by atoms with van der Waals surface area (Å²) in [6, 6.07) is 8.08. The third-order valence-corrected chi connectivity index (χ3v) is 4.47. The average molecular weight is 329 g/mol. The van der Waals surface area contributed by atoms with Crippen LogP contribution in [0.3, 0.4) is 0 Å². The monoisotopic (exact) mass is 329 g/mol. The number of nitrogens with zero attached hydrogens (tertiary/aromatic N) is 2. The molecule has 5 heteroatoms. The number of nitrogens with one attached hydrogen (secondary N) is 1. The van der Waals surface area contributed by atoms with Crippen molar-refractivity contribution in [1.29, 1.82) is 0 Å². The lowest BCUT2D eigenvalue weighted by Gasteiger charge is -2.31. The van der Waals surface area contributed by atoms with E-state index in [9.17, 15) is 0 Å². The topological polar surface area (TPSA) is 50.5 Å². The Balaban J connectivity index is 1.45. The molecule has 0 unspecified atom stereocenters. The lowest BCUT2D eigenvalue weighted by Crippen LogP contribution is -2.33. The van der Waals surface area contributed by atoms with Gasteiger partial charge >= 0.3 is 0 Å². The summed E-state index contributed by atoms with van der Waals surface area (Å²) in [5.74, 6) is 3.40. The van der Waals surface area contributed by atoms with Crippen molar-refractivity contribution < 1.29 is 9.15 Å². The van der Waals surface area contributed by atoms with E-state index in [0.29, 0.717) is 19.1 Å². The molecule has 2 aromatic rings. The van der Waals surface area contributed by atoms with Crippen molar-refractivity contribution in [1.82, 2.24) is 10.3 Å². The molecule has 3 heterocycles. The molecule has 1 saturated heterocycles. The second kappa shape index (κ2) is 8.20. The molecule has 1 aliphatic heterocycles. The molecule has 130 valence electrons. The van der Waals surface area contributed by atoms with E-state index in [1.54, 1.807) is 0 Å². The molecule has 1 fully saturated rings. The summed E-state index contributed by atoms with van der Waals surface area (Å²) in [5.41, 5.74) is 1.18. The van der Waals surface area contributed by atoms with Crippen molar-refractivity contribution in [2.45, 2.75) is 39.8 Å². The van der Waals surface area contributed by atoms with Crippen LogP contribution in [-0.2, 0) is 13.1 Å². The highest BCUT2D eigenvalue weighted by atomic mass is 16.6. The van der Waals surface area contributed by atoms with Gasteiger partial charge in [0.1, 0.15) is 11.6 Å². The van der Waals surface area contributed by atoms with E-state index in [0.717, 1.165) is 37.1 Å². The first-order valence-electron chi connectivity index (χ1n) is 8.86. The third-order valence-electron chi connectivity index (χ3n) is 4.47. The summed E-state index contributed by atoms with van der Waals surface area (Å²) in [6.45, 7) is 8.58. The number of piperidine rings is 1. The molecular weight excluding hydrogens is 302 g/mol. The van der Waals surface area contributed by atoms with Crippen molar-refractivity contribution in [3.63, 3.8) is 0 Å². The van der Waals surface area contributed by atoms with Gasteiger partial charge < -0.3 is 19.4 Å². The molecule has 1 aliphatic rings. The molecule has 3 rings (SSSR count). The van der Waals surface area contributed by atoms with E-state index in [2.05, 4.69) is 34.3 Å². The van der Waals surface area contributed by atoms with Crippen LogP contribution in [0.1, 0.15) is 38.0 Å². The van der Waals surface area contributed by atoms with E-state index in [1.807, 2.05) is 25.3 Å². The Bertz CT molecular complexity index is 616. The highest BCUT2D eigenvalue weighted by Crippen LogP contribution is 2.21. The number of furan rings is 1. The molecule has 0 spiro atoms. The lowest BCUT2D eigenvalue weighted by atomic mass is 9.99. The molecule has 0 saturated carbocycles. The van der Waals surface area contributed by atoms with Crippen LogP contribution in [0.5, 0.6) is 5.95 Å². The van der Waals surface area contributed by atoms with Crippen LogP contribution in [0, 0.1) is 5.92 Å². The van der Waals surface area contributed by atoms with Crippen LogP contribution < -0.4 is 15.0 Å². The standard InChI is InChI=1S/C19H27N3O2/c1-3-23-19-7-5-17(24-19)14-20-12-16-4-6-18(21-13-16)22-10-8-15(2)9-11-22/h4-7,13,15,20H,3,8-12,14H2,1-2H3. The zero-order chi connectivity index (χ0) is 16.8. The molecule has 0 radical (unpaired) electrons. The number of aromatic nitrogens is 1. The van der Waals surface area contributed by atoms with Gasteiger partial charge in [-0.25, -0.2) is 4.98 Å². The van der Waals surface area contributed by atoms with Gasteiger partial charge in [-0.1, -0.05) is 13.0 Å². The molecule has 5 nitrogen and oxygen atoms in total. The predicted octanol–water partition coefficient (Wildman–Crippen LogP) is 3.60. The van der Waals surface area contributed by atoms with Crippen LogP contribution in [0.4, 0.5) is 5.82 Å². The zero-order valence-corrected chi connectivity index (χ0v) is 14.6. The van der Waals surface area contributed by atoms with E-state index < -0.39 is 0 Å². The second-order valence-electron chi connectivity index (χ2n) is 6.45. The summed E-state index contributed by atoms with van der Waals surface area (Å²) >= 11 is 0. The maximum Gasteiger partial charge on any atom is 0.284 e. The summed E-state index contributed by atoms with van der Waals surface area (Å²) < 4.78 is 10.9. The van der Waals surface area contributed by atoms with Gasteiger partial charge in [0.25, 0.3) is 5.95 Å². The molecule has 0 bridgehead atoms. The van der Waals surface area contributed by atoms with Crippen LogP contribution in [0.25, 0.3) is 0 Å². The Morgan fingerprint density at radius 3 is 2.75 bits per heavy atom. The van der Waals surface area contributed by atoms with E-state index in [1.165, 1.54) is 18.4 Å². The van der Waals surface area contributed by atoms with E-state index in [4.69, 9.17) is 9.15 Å². The molecular formula is C19H27N3O2. The van der Waals surface area contributed by atoms with Crippen molar-refractivity contribution >= 4 is 5.82 Å². The van der Waals surface area contributed by atoms with Crippen LogP contribution >= 0.6 is 0 Å². The van der Waals surface area contributed by atoms with Crippen molar-refractivity contribution in [3.05, 3.63) is 41.8 Å². The Kier molecular flexibility index (Phi) is 5.75. The molecule has 0 aromatic carbocycles. The van der Waals surface area contributed by atoms with Gasteiger partial charge in [-0.2, -0.15) is 0 Å². The number of rotatable bonds is 7. The minimum Gasteiger partial charge on any atom is -0.465 e.